The first-order valence-corrected chi connectivity index (χ1v) is 10.4. The van der Waals surface area contributed by atoms with Crippen LogP contribution in [0, 0.1) is 6.92 Å². The standard InChI is InChI=1S/C19H23N5O3S/c1-10-21-18-14(12-7-19(2,3)27-9-13(12)28-18)16-22-15(23-24(10)16)17(25)20-8-11-5-4-6-26-11/h11H,4-9H2,1-3H3,(H,20,25)/t11-/m0/s1. The van der Waals surface area contributed by atoms with E-state index in [1.807, 2.05) is 6.92 Å². The van der Waals surface area contributed by atoms with E-state index in [4.69, 9.17) is 14.5 Å². The summed E-state index contributed by atoms with van der Waals surface area (Å²) in [6.45, 7) is 7.89. The Bertz CT molecular complexity index is 1080. The van der Waals surface area contributed by atoms with E-state index < -0.39 is 0 Å². The highest BCUT2D eigenvalue weighted by molar-refractivity contribution is 7.19. The van der Waals surface area contributed by atoms with Crippen molar-refractivity contribution in [3.05, 3.63) is 22.1 Å². The number of rotatable bonds is 3. The zero-order chi connectivity index (χ0) is 19.5. The van der Waals surface area contributed by atoms with E-state index in [1.54, 1.807) is 15.9 Å². The predicted molar refractivity (Wildman–Crippen MR) is 105 cm³/mol. The Morgan fingerprint density at radius 3 is 3.04 bits per heavy atom. The van der Waals surface area contributed by atoms with E-state index in [-0.39, 0.29) is 23.4 Å². The molecule has 1 amide bonds. The Morgan fingerprint density at radius 2 is 2.25 bits per heavy atom. The number of aryl methyl sites for hydroxylation is 1. The minimum atomic E-state index is -0.278. The first kappa shape index (κ1) is 18.0. The number of nitrogens with one attached hydrogen (secondary N) is 1. The molecule has 1 atom stereocenters. The molecule has 2 aliphatic rings. The van der Waals surface area contributed by atoms with Gasteiger partial charge in [-0.25, -0.2) is 9.97 Å². The number of aromatic nitrogens is 4. The van der Waals surface area contributed by atoms with Gasteiger partial charge in [0.2, 0.25) is 5.82 Å². The van der Waals surface area contributed by atoms with Gasteiger partial charge in [-0.3, -0.25) is 4.79 Å². The molecule has 0 saturated carbocycles. The fourth-order valence-electron chi connectivity index (χ4n) is 3.93. The second kappa shape index (κ2) is 6.47. The zero-order valence-corrected chi connectivity index (χ0v) is 17.1. The highest BCUT2D eigenvalue weighted by atomic mass is 32.1. The maximum Gasteiger partial charge on any atom is 0.291 e. The fraction of sp³-hybridized carbons (Fsp3) is 0.579. The quantitative estimate of drug-likeness (QED) is 0.725. The number of amides is 1. The van der Waals surface area contributed by atoms with Crippen molar-refractivity contribution in [1.82, 2.24) is 24.9 Å². The average Bonchev–Trinajstić information content (AvgIpc) is 3.36. The van der Waals surface area contributed by atoms with Crippen molar-refractivity contribution in [2.75, 3.05) is 13.2 Å². The number of nitrogens with zero attached hydrogens (tertiary/aromatic N) is 4. The lowest BCUT2D eigenvalue weighted by molar-refractivity contribution is -0.0379. The molecule has 9 heteroatoms. The van der Waals surface area contributed by atoms with Crippen LogP contribution in [0.4, 0.5) is 0 Å². The average molecular weight is 401 g/mol. The van der Waals surface area contributed by atoms with Crippen molar-refractivity contribution in [1.29, 1.82) is 0 Å². The number of hydrogen-bond acceptors (Lipinski definition) is 7. The molecule has 0 radical (unpaired) electrons. The van der Waals surface area contributed by atoms with Gasteiger partial charge < -0.3 is 14.8 Å². The molecule has 2 aliphatic heterocycles. The lowest BCUT2D eigenvalue weighted by Gasteiger charge is -2.30. The molecule has 3 aromatic heterocycles. The molecule has 3 aromatic rings. The Labute approximate surface area is 166 Å². The van der Waals surface area contributed by atoms with Crippen molar-refractivity contribution < 1.29 is 14.3 Å². The molecule has 5 heterocycles. The molecular formula is C19H23N5O3S. The van der Waals surface area contributed by atoms with Gasteiger partial charge in [0, 0.05) is 24.4 Å². The topological polar surface area (TPSA) is 90.6 Å². The molecule has 1 saturated heterocycles. The summed E-state index contributed by atoms with van der Waals surface area (Å²) in [7, 11) is 0. The highest BCUT2D eigenvalue weighted by Crippen LogP contribution is 2.39. The van der Waals surface area contributed by atoms with Crippen molar-refractivity contribution in [3.63, 3.8) is 0 Å². The van der Waals surface area contributed by atoms with Gasteiger partial charge in [0.05, 0.1) is 23.7 Å². The summed E-state index contributed by atoms with van der Waals surface area (Å²) < 4.78 is 13.2. The van der Waals surface area contributed by atoms with Crippen LogP contribution in [0.2, 0.25) is 0 Å². The molecule has 0 bridgehead atoms. The largest absolute Gasteiger partial charge is 0.376 e. The summed E-state index contributed by atoms with van der Waals surface area (Å²) in [6, 6.07) is 0. The summed E-state index contributed by atoms with van der Waals surface area (Å²) in [4.78, 5) is 24.0. The van der Waals surface area contributed by atoms with Crippen molar-refractivity contribution in [3.8, 4) is 0 Å². The third-order valence-electron chi connectivity index (χ3n) is 5.39. The number of thiophene rings is 1. The van der Waals surface area contributed by atoms with E-state index >= 15 is 0 Å². The molecule has 5 rings (SSSR count). The van der Waals surface area contributed by atoms with Crippen LogP contribution in [-0.2, 0) is 22.5 Å². The molecule has 148 valence electrons. The molecule has 1 fully saturated rings. The van der Waals surface area contributed by atoms with Gasteiger partial charge >= 0.3 is 0 Å². The number of carbonyl (C=O) groups is 1. The summed E-state index contributed by atoms with van der Waals surface area (Å²) in [6.07, 6.45) is 2.89. The maximum absolute atomic E-state index is 12.6. The van der Waals surface area contributed by atoms with Gasteiger partial charge in [0.15, 0.2) is 5.65 Å². The van der Waals surface area contributed by atoms with Crippen LogP contribution in [0.15, 0.2) is 0 Å². The molecule has 1 N–H and O–H groups in total. The Hall–Kier alpha value is -2.10. The van der Waals surface area contributed by atoms with Crippen LogP contribution in [0.3, 0.4) is 0 Å². The first-order valence-electron chi connectivity index (χ1n) is 9.63. The zero-order valence-electron chi connectivity index (χ0n) is 16.2. The fourth-order valence-corrected chi connectivity index (χ4v) is 5.07. The number of fused-ring (bicyclic) bond motifs is 5. The maximum atomic E-state index is 12.6. The Kier molecular flexibility index (Phi) is 4.15. The highest BCUT2D eigenvalue weighted by Gasteiger charge is 2.31. The third-order valence-corrected chi connectivity index (χ3v) is 6.49. The lowest BCUT2D eigenvalue weighted by atomic mass is 9.94. The van der Waals surface area contributed by atoms with Crippen molar-refractivity contribution in [2.24, 2.45) is 0 Å². The van der Waals surface area contributed by atoms with Gasteiger partial charge in [-0.1, -0.05) is 0 Å². The number of ether oxygens (including phenoxy) is 2. The Balaban J connectivity index is 1.54. The number of carbonyl (C=O) groups excluding carboxylic acids is 1. The smallest absolute Gasteiger partial charge is 0.291 e. The molecule has 0 spiro atoms. The van der Waals surface area contributed by atoms with Gasteiger partial charge in [-0.05, 0) is 39.2 Å². The van der Waals surface area contributed by atoms with E-state index in [2.05, 4.69) is 29.2 Å². The lowest BCUT2D eigenvalue weighted by Crippen LogP contribution is -2.32. The van der Waals surface area contributed by atoms with Crippen LogP contribution in [-0.4, -0.2) is 50.3 Å². The van der Waals surface area contributed by atoms with Crippen LogP contribution < -0.4 is 5.32 Å². The SMILES string of the molecule is Cc1nc2sc3c(c2c2nc(C(=O)NC[C@@H]4CCCO4)nn12)CC(C)(C)OC3. The van der Waals surface area contributed by atoms with Crippen molar-refractivity contribution in [2.45, 2.75) is 58.3 Å². The monoisotopic (exact) mass is 401 g/mol. The number of hydrogen-bond donors (Lipinski definition) is 1. The minimum absolute atomic E-state index is 0.0854. The molecule has 8 nitrogen and oxygen atoms in total. The second-order valence-corrected chi connectivity index (χ2v) is 9.17. The summed E-state index contributed by atoms with van der Waals surface area (Å²) >= 11 is 1.64. The molecule has 0 aromatic carbocycles. The first-order chi connectivity index (χ1) is 13.4. The van der Waals surface area contributed by atoms with Gasteiger partial charge in [0.1, 0.15) is 10.7 Å². The molecule has 28 heavy (non-hydrogen) atoms. The van der Waals surface area contributed by atoms with E-state index in [0.29, 0.717) is 24.6 Å². The summed E-state index contributed by atoms with van der Waals surface area (Å²) in [5.74, 6) is 0.605. The molecular weight excluding hydrogens is 378 g/mol. The molecule has 0 aliphatic carbocycles. The van der Waals surface area contributed by atoms with Gasteiger partial charge in [-0.2, -0.15) is 4.52 Å². The van der Waals surface area contributed by atoms with Gasteiger partial charge in [0.25, 0.3) is 5.91 Å². The van der Waals surface area contributed by atoms with Crippen LogP contribution in [0.5, 0.6) is 0 Å². The van der Waals surface area contributed by atoms with Crippen LogP contribution >= 0.6 is 11.3 Å². The molecule has 0 unspecified atom stereocenters. The normalized spacial score (nSPS) is 21.3. The minimum Gasteiger partial charge on any atom is -0.376 e. The second-order valence-electron chi connectivity index (χ2n) is 8.08. The predicted octanol–water partition coefficient (Wildman–Crippen LogP) is 2.41. The summed E-state index contributed by atoms with van der Waals surface area (Å²) in [5.41, 5.74) is 1.68. The van der Waals surface area contributed by atoms with E-state index in [0.717, 1.165) is 36.1 Å². The Morgan fingerprint density at radius 1 is 1.39 bits per heavy atom. The van der Waals surface area contributed by atoms with E-state index in [1.165, 1.54) is 10.4 Å². The summed E-state index contributed by atoms with van der Waals surface area (Å²) in [5, 5.41) is 8.33. The van der Waals surface area contributed by atoms with Gasteiger partial charge in [-0.15, -0.1) is 16.4 Å². The van der Waals surface area contributed by atoms with Crippen molar-refractivity contribution >= 4 is 33.1 Å². The van der Waals surface area contributed by atoms with E-state index in [9.17, 15) is 4.79 Å². The van der Waals surface area contributed by atoms with Crippen LogP contribution in [0.1, 0.15) is 53.6 Å². The third kappa shape index (κ3) is 2.98. The van der Waals surface area contributed by atoms with Crippen LogP contribution in [0.25, 0.3) is 15.9 Å².